The SMILES string of the molecule is COc1cc(C2C3=CCC4C(=O)N(CCc5ccc(O)cc5)C(=O)C4C3CC3(Cl)C(=O)N(c4ccc(F)cc4)C(=O)C23Cl)cc(Br)c1O. The number of alkyl halides is 2. The van der Waals surface area contributed by atoms with E-state index in [2.05, 4.69) is 15.9 Å². The first-order valence-corrected chi connectivity index (χ1v) is 16.8. The number of amides is 4. The van der Waals surface area contributed by atoms with Crippen LogP contribution in [0.1, 0.15) is 29.9 Å². The molecule has 2 aliphatic carbocycles. The summed E-state index contributed by atoms with van der Waals surface area (Å²) in [4.78, 5) is 54.6. The number of carbonyl (C=O) groups is 4. The molecule has 1 saturated carbocycles. The third-order valence-corrected chi connectivity index (χ3v) is 12.2. The van der Waals surface area contributed by atoms with Crippen molar-refractivity contribution in [2.45, 2.75) is 34.9 Å². The van der Waals surface area contributed by atoms with E-state index < -0.39 is 57.0 Å². The molecule has 6 unspecified atom stereocenters. The number of benzene rings is 3. The van der Waals surface area contributed by atoms with Crippen LogP contribution >= 0.6 is 39.1 Å². The molecule has 9 nitrogen and oxygen atoms in total. The van der Waals surface area contributed by atoms with Gasteiger partial charge in [0.2, 0.25) is 11.8 Å². The molecule has 2 heterocycles. The van der Waals surface area contributed by atoms with Crippen LogP contribution in [0.2, 0.25) is 0 Å². The van der Waals surface area contributed by atoms with Gasteiger partial charge in [0.1, 0.15) is 11.6 Å². The number of hydrogen-bond donors (Lipinski definition) is 2. The standard InChI is InChI=1S/C35H28BrCl2FN2O7/c1-48-26-15-18(14-25(36)29(26)43)28-22-10-11-23-27(31(45)40(30(23)44)13-12-17-2-8-21(42)9-3-17)24(22)16-34(37)32(46)41(33(47)35(28,34)38)20-6-4-19(39)5-7-20/h2-10,14-15,23-24,27-28,42-43H,11-13,16H2,1H3. The van der Waals surface area contributed by atoms with Crippen LogP contribution in [0.5, 0.6) is 17.2 Å². The van der Waals surface area contributed by atoms with Gasteiger partial charge in [0.05, 0.1) is 29.1 Å². The molecule has 3 fully saturated rings. The predicted molar refractivity (Wildman–Crippen MR) is 177 cm³/mol. The molecule has 7 rings (SSSR count). The molecular formula is C35H28BrCl2FN2O7. The van der Waals surface area contributed by atoms with Crippen LogP contribution < -0.4 is 9.64 Å². The van der Waals surface area contributed by atoms with Crippen LogP contribution in [-0.2, 0) is 25.6 Å². The average molecular weight is 758 g/mol. The number of fused-ring (bicyclic) bond motifs is 4. The van der Waals surface area contributed by atoms with E-state index in [0.29, 0.717) is 17.6 Å². The zero-order chi connectivity index (χ0) is 34.3. The molecule has 4 aliphatic rings. The Morgan fingerprint density at radius 2 is 1.65 bits per heavy atom. The quantitative estimate of drug-likeness (QED) is 0.185. The zero-order valence-corrected chi connectivity index (χ0v) is 28.4. The number of nitrogens with zero attached hydrogens (tertiary/aromatic N) is 2. The first-order chi connectivity index (χ1) is 22.8. The number of methoxy groups -OCH3 is 1. The molecule has 4 amide bonds. The molecule has 0 bridgehead atoms. The summed E-state index contributed by atoms with van der Waals surface area (Å²) in [5.41, 5.74) is 1.86. The fourth-order valence-corrected chi connectivity index (χ4v) is 9.27. The lowest BCUT2D eigenvalue weighted by molar-refractivity contribution is -0.140. The molecule has 3 aromatic carbocycles. The zero-order valence-electron chi connectivity index (χ0n) is 25.3. The van der Waals surface area contributed by atoms with Crippen molar-refractivity contribution in [3.8, 4) is 17.2 Å². The number of allylic oxidation sites excluding steroid dienone is 2. The van der Waals surface area contributed by atoms with Gasteiger partial charge in [0.25, 0.3) is 11.8 Å². The van der Waals surface area contributed by atoms with Crippen LogP contribution in [0.25, 0.3) is 0 Å². The summed E-state index contributed by atoms with van der Waals surface area (Å²) < 4.78 is 19.5. The van der Waals surface area contributed by atoms with Crippen molar-refractivity contribution in [2.75, 3.05) is 18.6 Å². The molecule has 6 atom stereocenters. The number of ether oxygens (including phenoxy) is 1. The van der Waals surface area contributed by atoms with Crippen LogP contribution in [0.4, 0.5) is 10.1 Å². The molecule has 0 spiro atoms. The Bertz CT molecular complexity index is 1920. The number of phenols is 2. The Hall–Kier alpha value is -3.93. The third kappa shape index (κ3) is 4.61. The minimum atomic E-state index is -2.12. The van der Waals surface area contributed by atoms with Gasteiger partial charge < -0.3 is 14.9 Å². The topological polar surface area (TPSA) is 124 Å². The minimum Gasteiger partial charge on any atom is -0.508 e. The van der Waals surface area contributed by atoms with Crippen molar-refractivity contribution in [3.05, 3.63) is 93.7 Å². The molecule has 0 radical (unpaired) electrons. The summed E-state index contributed by atoms with van der Waals surface area (Å²) in [7, 11) is 1.36. The number of carbonyl (C=O) groups excluding carboxylic acids is 4. The van der Waals surface area contributed by atoms with E-state index in [1.54, 1.807) is 18.2 Å². The number of rotatable bonds is 6. The molecule has 248 valence electrons. The van der Waals surface area contributed by atoms with Gasteiger partial charge in [-0.15, -0.1) is 23.2 Å². The highest BCUT2D eigenvalue weighted by molar-refractivity contribution is 9.10. The minimum absolute atomic E-state index is 0.0657. The lowest BCUT2D eigenvalue weighted by atomic mass is 9.56. The predicted octanol–water partition coefficient (Wildman–Crippen LogP) is 5.81. The van der Waals surface area contributed by atoms with Gasteiger partial charge in [-0.25, -0.2) is 9.29 Å². The first-order valence-electron chi connectivity index (χ1n) is 15.2. The maximum absolute atomic E-state index is 14.5. The number of halogens is 4. The molecule has 48 heavy (non-hydrogen) atoms. The van der Waals surface area contributed by atoms with Crippen LogP contribution in [-0.4, -0.2) is 62.1 Å². The highest BCUT2D eigenvalue weighted by Gasteiger charge is 2.76. The number of likely N-dealkylation sites (tertiary alicyclic amines) is 1. The van der Waals surface area contributed by atoms with Gasteiger partial charge in [0, 0.05) is 12.5 Å². The van der Waals surface area contributed by atoms with Gasteiger partial charge in [-0.3, -0.25) is 24.1 Å². The fraction of sp³-hybridized carbons (Fsp3) is 0.314. The smallest absolute Gasteiger partial charge is 0.258 e. The number of phenolic OH excluding ortho intramolecular Hbond substituents is 2. The Balaban J connectivity index is 1.34. The summed E-state index contributed by atoms with van der Waals surface area (Å²) in [6.07, 6.45) is 2.16. The molecule has 2 saturated heterocycles. The second kappa shape index (κ2) is 11.6. The van der Waals surface area contributed by atoms with E-state index in [0.717, 1.165) is 22.6 Å². The Morgan fingerprint density at radius 3 is 2.31 bits per heavy atom. The van der Waals surface area contributed by atoms with Gasteiger partial charge in [-0.05, 0) is 101 Å². The lowest BCUT2D eigenvalue weighted by Crippen LogP contribution is -2.60. The summed E-state index contributed by atoms with van der Waals surface area (Å²) in [6.45, 7) is 0.115. The second-order valence-electron chi connectivity index (χ2n) is 12.5. The van der Waals surface area contributed by atoms with Gasteiger partial charge in [-0.1, -0.05) is 23.8 Å². The van der Waals surface area contributed by atoms with E-state index in [4.69, 9.17) is 27.9 Å². The summed E-state index contributed by atoms with van der Waals surface area (Å²) in [5, 5.41) is 20.3. The Kier molecular flexibility index (Phi) is 7.88. The summed E-state index contributed by atoms with van der Waals surface area (Å²) in [5.74, 6) is -6.43. The maximum Gasteiger partial charge on any atom is 0.258 e. The average Bonchev–Trinajstić information content (AvgIpc) is 3.39. The Morgan fingerprint density at radius 1 is 0.958 bits per heavy atom. The largest absolute Gasteiger partial charge is 0.508 e. The summed E-state index contributed by atoms with van der Waals surface area (Å²) >= 11 is 18.1. The fourth-order valence-electron chi connectivity index (χ4n) is 7.88. The molecule has 2 N–H and O–H groups in total. The lowest BCUT2D eigenvalue weighted by Gasteiger charge is -2.50. The van der Waals surface area contributed by atoms with Gasteiger partial charge in [-0.2, -0.15) is 0 Å². The monoisotopic (exact) mass is 756 g/mol. The van der Waals surface area contributed by atoms with Crippen molar-refractivity contribution in [1.82, 2.24) is 4.90 Å². The van der Waals surface area contributed by atoms with Crippen LogP contribution in [0.3, 0.4) is 0 Å². The van der Waals surface area contributed by atoms with Crippen molar-refractivity contribution in [3.63, 3.8) is 0 Å². The first kappa shape index (κ1) is 32.6. The highest BCUT2D eigenvalue weighted by Crippen LogP contribution is 2.66. The molecule has 13 heteroatoms. The normalized spacial score (nSPS) is 29.5. The molecular weight excluding hydrogens is 730 g/mol. The Labute approximate surface area is 293 Å². The van der Waals surface area contributed by atoms with Crippen LogP contribution in [0, 0.1) is 23.6 Å². The number of aromatic hydroxyl groups is 2. The van der Waals surface area contributed by atoms with Crippen molar-refractivity contribution < 1.29 is 38.5 Å². The van der Waals surface area contributed by atoms with E-state index >= 15 is 0 Å². The number of hydrogen-bond acceptors (Lipinski definition) is 7. The van der Waals surface area contributed by atoms with Crippen molar-refractivity contribution in [1.29, 1.82) is 0 Å². The van der Waals surface area contributed by atoms with E-state index in [1.165, 1.54) is 42.3 Å². The van der Waals surface area contributed by atoms with Gasteiger partial charge in [0.15, 0.2) is 21.2 Å². The molecule has 2 aliphatic heterocycles. The van der Waals surface area contributed by atoms with E-state index in [-0.39, 0.29) is 52.7 Å². The number of anilines is 1. The van der Waals surface area contributed by atoms with Crippen molar-refractivity contribution >= 4 is 68.4 Å². The third-order valence-electron chi connectivity index (χ3n) is 10.2. The maximum atomic E-state index is 14.5. The number of imide groups is 2. The summed E-state index contributed by atoms with van der Waals surface area (Å²) in [6, 6.07) is 14.4. The van der Waals surface area contributed by atoms with E-state index in [9.17, 15) is 33.8 Å². The van der Waals surface area contributed by atoms with E-state index in [1.807, 2.05) is 6.08 Å². The molecule has 0 aromatic heterocycles. The van der Waals surface area contributed by atoms with Crippen molar-refractivity contribution in [2.24, 2.45) is 17.8 Å². The van der Waals surface area contributed by atoms with Crippen LogP contribution in [0.15, 0.2) is 76.8 Å². The second-order valence-corrected chi connectivity index (χ2v) is 14.6. The van der Waals surface area contributed by atoms with Gasteiger partial charge >= 0.3 is 0 Å². The molecule has 3 aromatic rings. The highest BCUT2D eigenvalue weighted by atomic mass is 79.9.